The molecule has 0 aliphatic rings. The van der Waals surface area contributed by atoms with Crippen LogP contribution in [0.25, 0.3) is 0 Å². The first-order valence-electron chi connectivity index (χ1n) is 4.77. The number of carbonyl (C=O) groups excluding carboxylic acids is 1. The minimum Gasteiger partial charge on any atom is -0.395 e. The predicted molar refractivity (Wildman–Crippen MR) is 54.2 cm³/mol. The zero-order valence-corrected chi connectivity index (χ0v) is 9.12. The molecule has 0 radical (unpaired) electrons. The Morgan fingerprint density at radius 3 is 2.57 bits per heavy atom. The van der Waals surface area contributed by atoms with Crippen LogP contribution < -0.4 is 5.32 Å². The topological polar surface area (TPSA) is 61.8 Å². The Bertz CT molecular complexity index is 162. The predicted octanol–water partition coefficient (Wildman–Crippen LogP) is 0.0451. The number of carbonyl (C=O) groups is 1. The molecule has 5 nitrogen and oxygen atoms in total. The van der Waals surface area contributed by atoms with E-state index in [9.17, 15) is 4.79 Å². The summed E-state index contributed by atoms with van der Waals surface area (Å²) < 4.78 is 4.87. The number of aliphatic hydroxyl groups is 1. The summed E-state index contributed by atoms with van der Waals surface area (Å²) in [7, 11) is 1.58. The molecule has 14 heavy (non-hydrogen) atoms. The van der Waals surface area contributed by atoms with E-state index in [1.54, 1.807) is 7.11 Å². The molecule has 2 amide bonds. The van der Waals surface area contributed by atoms with Gasteiger partial charge < -0.3 is 20.1 Å². The molecular formula is C9H20N2O3. The van der Waals surface area contributed by atoms with E-state index in [2.05, 4.69) is 5.32 Å². The number of hydrogen-bond donors (Lipinski definition) is 2. The van der Waals surface area contributed by atoms with E-state index in [1.807, 2.05) is 13.8 Å². The van der Waals surface area contributed by atoms with Gasteiger partial charge in [0.25, 0.3) is 0 Å². The smallest absolute Gasteiger partial charge is 0.317 e. The van der Waals surface area contributed by atoms with Crippen LogP contribution in [0.5, 0.6) is 0 Å². The van der Waals surface area contributed by atoms with Gasteiger partial charge in [-0.15, -0.1) is 0 Å². The van der Waals surface area contributed by atoms with Crippen LogP contribution in [0.15, 0.2) is 0 Å². The van der Waals surface area contributed by atoms with Gasteiger partial charge in [0, 0.05) is 26.2 Å². The highest BCUT2D eigenvalue weighted by Crippen LogP contribution is 1.91. The molecule has 0 aromatic heterocycles. The molecule has 0 aromatic carbocycles. The Hall–Kier alpha value is -0.810. The number of hydrogen-bond acceptors (Lipinski definition) is 3. The molecule has 0 heterocycles. The van der Waals surface area contributed by atoms with Crippen molar-refractivity contribution in [1.82, 2.24) is 10.2 Å². The van der Waals surface area contributed by atoms with Crippen molar-refractivity contribution in [3.63, 3.8) is 0 Å². The van der Waals surface area contributed by atoms with E-state index in [1.165, 1.54) is 4.90 Å². The average molecular weight is 204 g/mol. The summed E-state index contributed by atoms with van der Waals surface area (Å²) in [5, 5.41) is 11.5. The third kappa shape index (κ3) is 5.77. The van der Waals surface area contributed by atoms with Crippen molar-refractivity contribution < 1.29 is 14.6 Å². The van der Waals surface area contributed by atoms with Crippen molar-refractivity contribution in [1.29, 1.82) is 0 Å². The third-order valence-corrected chi connectivity index (χ3v) is 1.63. The lowest BCUT2D eigenvalue weighted by atomic mass is 10.4. The molecule has 0 unspecified atom stereocenters. The van der Waals surface area contributed by atoms with Crippen LogP contribution in [0.2, 0.25) is 0 Å². The van der Waals surface area contributed by atoms with Crippen molar-refractivity contribution in [3.8, 4) is 0 Å². The molecule has 5 heteroatoms. The van der Waals surface area contributed by atoms with Gasteiger partial charge in [0.1, 0.15) is 0 Å². The van der Waals surface area contributed by atoms with Gasteiger partial charge in [-0.25, -0.2) is 4.79 Å². The minimum absolute atomic E-state index is 0.0325. The van der Waals surface area contributed by atoms with E-state index in [-0.39, 0.29) is 18.7 Å². The molecule has 0 saturated carbocycles. The fourth-order valence-electron chi connectivity index (χ4n) is 0.975. The summed E-state index contributed by atoms with van der Waals surface area (Å²) in [5.74, 6) is 0. The maximum absolute atomic E-state index is 11.5. The Balaban J connectivity index is 3.97. The number of methoxy groups -OCH3 is 1. The monoisotopic (exact) mass is 204 g/mol. The van der Waals surface area contributed by atoms with Crippen LogP contribution in [0.4, 0.5) is 4.79 Å². The number of aliphatic hydroxyl groups excluding tert-OH is 1. The number of nitrogens with one attached hydrogen (secondary N) is 1. The van der Waals surface area contributed by atoms with E-state index in [4.69, 9.17) is 9.84 Å². The van der Waals surface area contributed by atoms with Crippen LogP contribution in [-0.4, -0.2) is 55.5 Å². The summed E-state index contributed by atoms with van der Waals surface area (Å²) in [5.41, 5.74) is 0. The van der Waals surface area contributed by atoms with Crippen LogP contribution in [-0.2, 0) is 4.74 Å². The zero-order chi connectivity index (χ0) is 11.0. The Morgan fingerprint density at radius 2 is 2.14 bits per heavy atom. The average Bonchev–Trinajstić information content (AvgIpc) is 2.10. The third-order valence-electron chi connectivity index (χ3n) is 1.63. The lowest BCUT2D eigenvalue weighted by Gasteiger charge is -2.23. The summed E-state index contributed by atoms with van der Waals surface area (Å²) in [4.78, 5) is 13.0. The lowest BCUT2D eigenvalue weighted by molar-refractivity contribution is 0.135. The zero-order valence-electron chi connectivity index (χ0n) is 9.12. The second-order valence-electron chi connectivity index (χ2n) is 3.31. The van der Waals surface area contributed by atoms with Gasteiger partial charge in [-0.1, -0.05) is 0 Å². The van der Waals surface area contributed by atoms with Crippen LogP contribution in [0, 0.1) is 0 Å². The molecule has 0 bridgehead atoms. The van der Waals surface area contributed by atoms with Crippen LogP contribution in [0.1, 0.15) is 13.8 Å². The fourth-order valence-corrected chi connectivity index (χ4v) is 0.975. The van der Waals surface area contributed by atoms with Crippen molar-refractivity contribution in [2.75, 3.05) is 33.4 Å². The molecule has 0 saturated heterocycles. The molecule has 2 N–H and O–H groups in total. The first-order chi connectivity index (χ1) is 6.61. The SMILES string of the molecule is COCCN(CCO)C(=O)NC(C)C. The maximum atomic E-state index is 11.5. The quantitative estimate of drug-likeness (QED) is 0.642. The van der Waals surface area contributed by atoms with Gasteiger partial charge in [0.15, 0.2) is 0 Å². The van der Waals surface area contributed by atoms with Crippen molar-refractivity contribution in [3.05, 3.63) is 0 Å². The van der Waals surface area contributed by atoms with Crippen LogP contribution in [0.3, 0.4) is 0 Å². The van der Waals surface area contributed by atoms with Gasteiger partial charge in [0.05, 0.1) is 13.2 Å². The molecule has 0 atom stereocenters. The van der Waals surface area contributed by atoms with E-state index >= 15 is 0 Å². The number of nitrogens with zero attached hydrogens (tertiary/aromatic N) is 1. The van der Waals surface area contributed by atoms with Gasteiger partial charge in [-0.3, -0.25) is 0 Å². The molecule has 0 aliphatic heterocycles. The van der Waals surface area contributed by atoms with Crippen molar-refractivity contribution >= 4 is 6.03 Å². The summed E-state index contributed by atoms with van der Waals surface area (Å²) in [6.07, 6.45) is 0. The number of rotatable bonds is 6. The van der Waals surface area contributed by atoms with Gasteiger partial charge in [-0.2, -0.15) is 0 Å². The van der Waals surface area contributed by atoms with Gasteiger partial charge >= 0.3 is 6.03 Å². The Kier molecular flexibility index (Phi) is 7.14. The van der Waals surface area contributed by atoms with E-state index < -0.39 is 0 Å². The molecular weight excluding hydrogens is 184 g/mol. The summed E-state index contributed by atoms with van der Waals surface area (Å²) >= 11 is 0. The fraction of sp³-hybridized carbons (Fsp3) is 0.889. The molecule has 0 aliphatic carbocycles. The molecule has 84 valence electrons. The first kappa shape index (κ1) is 13.2. The minimum atomic E-state index is -0.161. The first-order valence-corrected chi connectivity index (χ1v) is 4.77. The highest BCUT2D eigenvalue weighted by Gasteiger charge is 2.12. The summed E-state index contributed by atoms with van der Waals surface area (Å²) in [6, 6.07) is -0.0580. The Labute approximate surface area is 85.0 Å². The van der Waals surface area contributed by atoms with Crippen molar-refractivity contribution in [2.24, 2.45) is 0 Å². The highest BCUT2D eigenvalue weighted by molar-refractivity contribution is 5.74. The molecule has 0 spiro atoms. The molecule has 0 fully saturated rings. The van der Waals surface area contributed by atoms with Crippen molar-refractivity contribution in [2.45, 2.75) is 19.9 Å². The van der Waals surface area contributed by atoms with E-state index in [0.717, 1.165) is 0 Å². The molecule has 0 aromatic rings. The maximum Gasteiger partial charge on any atom is 0.317 e. The molecule has 0 rings (SSSR count). The number of urea groups is 1. The second-order valence-corrected chi connectivity index (χ2v) is 3.31. The van der Waals surface area contributed by atoms with E-state index in [0.29, 0.717) is 19.7 Å². The largest absolute Gasteiger partial charge is 0.395 e. The highest BCUT2D eigenvalue weighted by atomic mass is 16.5. The normalized spacial score (nSPS) is 10.4. The second kappa shape index (κ2) is 7.58. The van der Waals surface area contributed by atoms with Gasteiger partial charge in [0.2, 0.25) is 0 Å². The summed E-state index contributed by atoms with van der Waals surface area (Å²) in [6.45, 7) is 5.06. The lowest BCUT2D eigenvalue weighted by Crippen LogP contribution is -2.45. The Morgan fingerprint density at radius 1 is 1.50 bits per heavy atom. The number of amides is 2. The number of ether oxygens (including phenoxy) is 1. The standard InChI is InChI=1S/C9H20N2O3/c1-8(2)10-9(13)11(4-6-12)5-7-14-3/h8,12H,4-7H2,1-3H3,(H,10,13). The van der Waals surface area contributed by atoms with Gasteiger partial charge in [-0.05, 0) is 13.8 Å². The van der Waals surface area contributed by atoms with Crippen LogP contribution >= 0.6 is 0 Å².